The number of benzene rings is 4. The number of hydrogen-bond donors (Lipinski definition) is 0. The van der Waals surface area contributed by atoms with Gasteiger partial charge in [-0.3, -0.25) is 4.98 Å². The summed E-state index contributed by atoms with van der Waals surface area (Å²) in [5, 5.41) is 3.92. The molecule has 0 aliphatic carbocycles. The van der Waals surface area contributed by atoms with Gasteiger partial charge in [-0.2, -0.15) is 13.2 Å². The molecule has 41 heavy (non-hydrogen) atoms. The highest BCUT2D eigenvalue weighted by Crippen LogP contribution is 2.36. The molecule has 3 nitrogen and oxygen atoms in total. The van der Waals surface area contributed by atoms with Crippen LogP contribution < -0.4 is 0 Å². The number of nitrogens with zero attached hydrogens (tertiary/aromatic N) is 2. The number of aryl methyl sites for hydroxylation is 1. The number of furan rings is 1. The largest absolute Gasteiger partial charge is 0.438 e. The summed E-state index contributed by atoms with van der Waals surface area (Å²) in [4.78, 5) is 9.04. The highest BCUT2D eigenvalue weighted by Gasteiger charge is 2.31. The third-order valence-electron chi connectivity index (χ3n) is 7.54. The van der Waals surface area contributed by atoms with Gasteiger partial charge in [-0.05, 0) is 100 Å². The van der Waals surface area contributed by atoms with E-state index >= 15 is 0 Å². The molecule has 0 aliphatic heterocycles. The highest BCUT2D eigenvalue weighted by molar-refractivity contribution is 6.04. The van der Waals surface area contributed by atoms with Crippen LogP contribution in [0.4, 0.5) is 13.2 Å². The van der Waals surface area contributed by atoms with Gasteiger partial charge in [0.25, 0.3) is 0 Å². The molecule has 0 unspecified atom stereocenters. The smallest absolute Gasteiger partial charge is 0.416 e. The Kier molecular flexibility index (Phi) is 5.86. The van der Waals surface area contributed by atoms with Gasteiger partial charge in [-0.25, -0.2) is 4.98 Å². The molecule has 7 aromatic rings. The van der Waals surface area contributed by atoms with Crippen molar-refractivity contribution in [3.63, 3.8) is 0 Å². The van der Waals surface area contributed by atoms with E-state index in [0.29, 0.717) is 23.3 Å². The van der Waals surface area contributed by atoms with Gasteiger partial charge in [0.05, 0.1) is 11.3 Å². The molecule has 4 aromatic carbocycles. The van der Waals surface area contributed by atoms with Crippen molar-refractivity contribution in [2.75, 3.05) is 0 Å². The van der Waals surface area contributed by atoms with Crippen LogP contribution in [0.1, 0.15) is 18.1 Å². The van der Waals surface area contributed by atoms with Crippen LogP contribution in [0, 0.1) is 0 Å². The van der Waals surface area contributed by atoms with Crippen LogP contribution in [0.3, 0.4) is 0 Å². The van der Waals surface area contributed by atoms with Gasteiger partial charge in [-0.15, -0.1) is 0 Å². The lowest BCUT2D eigenvalue weighted by molar-refractivity contribution is -0.137. The minimum atomic E-state index is -4.39. The summed E-state index contributed by atoms with van der Waals surface area (Å²) in [5.74, 6) is 0. The first-order valence-corrected chi connectivity index (χ1v) is 13.4. The predicted molar refractivity (Wildman–Crippen MR) is 158 cm³/mol. The van der Waals surface area contributed by atoms with Crippen molar-refractivity contribution < 1.29 is 17.6 Å². The topological polar surface area (TPSA) is 38.9 Å². The maximum atomic E-state index is 13.5. The van der Waals surface area contributed by atoms with E-state index in [2.05, 4.69) is 17.1 Å². The number of alkyl halides is 3. The Bertz CT molecular complexity index is 2080. The molecule has 6 heteroatoms. The van der Waals surface area contributed by atoms with E-state index in [-0.39, 0.29) is 0 Å². The summed E-state index contributed by atoms with van der Waals surface area (Å²) in [6, 6.07) is 30.1. The van der Waals surface area contributed by atoms with E-state index in [9.17, 15) is 13.2 Å². The Morgan fingerprint density at radius 2 is 1.41 bits per heavy atom. The number of rotatable bonds is 4. The summed E-state index contributed by atoms with van der Waals surface area (Å²) in [7, 11) is 0. The molecular formula is C35H23F3N2O. The van der Waals surface area contributed by atoms with Crippen molar-refractivity contribution in [2.45, 2.75) is 19.5 Å². The molecule has 0 N–H and O–H groups in total. The van der Waals surface area contributed by atoms with Gasteiger partial charge < -0.3 is 4.42 Å². The van der Waals surface area contributed by atoms with Crippen LogP contribution in [0.5, 0.6) is 0 Å². The van der Waals surface area contributed by atoms with Crippen LogP contribution in [0.25, 0.3) is 66.4 Å². The quantitative estimate of drug-likeness (QED) is 0.221. The number of halogens is 3. The first kappa shape index (κ1) is 25.0. The van der Waals surface area contributed by atoms with E-state index in [1.54, 1.807) is 6.20 Å². The first-order valence-electron chi connectivity index (χ1n) is 13.4. The lowest BCUT2D eigenvalue weighted by Crippen LogP contribution is -2.06. The fraction of sp³-hybridized carbons (Fsp3) is 0.0857. The Morgan fingerprint density at radius 1 is 0.659 bits per heavy atom. The highest BCUT2D eigenvalue weighted by atomic mass is 19.4. The van der Waals surface area contributed by atoms with Crippen LogP contribution in [0.2, 0.25) is 0 Å². The van der Waals surface area contributed by atoms with Crippen molar-refractivity contribution in [3.8, 4) is 33.5 Å². The molecule has 0 saturated heterocycles. The van der Waals surface area contributed by atoms with Crippen LogP contribution in [-0.4, -0.2) is 9.97 Å². The molecule has 0 saturated carbocycles. The zero-order chi connectivity index (χ0) is 28.1. The van der Waals surface area contributed by atoms with Gasteiger partial charge in [-0.1, -0.05) is 43.3 Å². The Labute approximate surface area is 233 Å². The summed E-state index contributed by atoms with van der Waals surface area (Å²) in [5.41, 5.74) is 6.50. The van der Waals surface area contributed by atoms with E-state index in [4.69, 9.17) is 9.40 Å². The Balaban J connectivity index is 1.23. The number of fused-ring (bicyclic) bond motifs is 4. The van der Waals surface area contributed by atoms with Crippen molar-refractivity contribution in [1.29, 1.82) is 0 Å². The lowest BCUT2D eigenvalue weighted by Gasteiger charge is -2.13. The van der Waals surface area contributed by atoms with Crippen molar-refractivity contribution in [1.82, 2.24) is 9.97 Å². The van der Waals surface area contributed by atoms with E-state index in [1.165, 1.54) is 12.1 Å². The zero-order valence-electron chi connectivity index (χ0n) is 22.0. The minimum Gasteiger partial charge on any atom is -0.438 e. The first-order chi connectivity index (χ1) is 19.9. The molecule has 0 bridgehead atoms. The monoisotopic (exact) mass is 544 g/mol. The average molecular weight is 545 g/mol. The maximum Gasteiger partial charge on any atom is 0.416 e. The molecule has 200 valence electrons. The molecule has 0 amide bonds. The standard InChI is InChI=1S/C35H23F3N2O/c1-2-21-14-27(18-29(15-21)35(36,37)38)24-8-6-22-5-7-23(16-28(22)17-24)26-9-11-32(40-20-26)25-10-12-33-31(19-25)30-4-3-13-39-34(30)41-33/h3-20H,2H2,1H3. The van der Waals surface area contributed by atoms with Crippen LogP contribution in [0.15, 0.2) is 114 Å². The lowest BCUT2D eigenvalue weighted by atomic mass is 9.95. The number of aromatic nitrogens is 2. The van der Waals surface area contributed by atoms with Crippen molar-refractivity contribution >= 4 is 32.8 Å². The van der Waals surface area contributed by atoms with Gasteiger partial charge >= 0.3 is 6.18 Å². The van der Waals surface area contributed by atoms with Crippen molar-refractivity contribution in [3.05, 3.63) is 121 Å². The molecule has 0 atom stereocenters. The third kappa shape index (κ3) is 4.61. The van der Waals surface area contributed by atoms with E-state index < -0.39 is 11.7 Å². The summed E-state index contributed by atoms with van der Waals surface area (Å²) in [6.07, 6.45) is -0.299. The van der Waals surface area contributed by atoms with Gasteiger partial charge in [0.15, 0.2) is 0 Å². The van der Waals surface area contributed by atoms with Crippen molar-refractivity contribution in [2.24, 2.45) is 0 Å². The second kappa shape index (κ2) is 9.59. The van der Waals surface area contributed by atoms with Crippen LogP contribution >= 0.6 is 0 Å². The molecule has 0 radical (unpaired) electrons. The number of hydrogen-bond acceptors (Lipinski definition) is 3. The molecule has 3 heterocycles. The molecule has 0 spiro atoms. The van der Waals surface area contributed by atoms with Crippen LogP contribution in [-0.2, 0) is 12.6 Å². The third-order valence-corrected chi connectivity index (χ3v) is 7.54. The second-order valence-corrected chi connectivity index (χ2v) is 10.1. The second-order valence-electron chi connectivity index (χ2n) is 10.1. The maximum absolute atomic E-state index is 13.5. The summed E-state index contributed by atoms with van der Waals surface area (Å²) in [6.45, 7) is 1.86. The Morgan fingerprint density at radius 3 is 2.15 bits per heavy atom. The SMILES string of the molecule is CCc1cc(-c2ccc3ccc(-c4ccc(-c5ccc6oc7ncccc7c6c5)nc4)cc3c2)cc(C(F)(F)F)c1. The molecule has 3 aromatic heterocycles. The Hall–Kier alpha value is -4.97. The molecule has 0 aliphatic rings. The van der Waals surface area contributed by atoms with E-state index in [1.807, 2.05) is 85.9 Å². The fourth-order valence-corrected chi connectivity index (χ4v) is 5.34. The molecular weight excluding hydrogens is 521 g/mol. The fourth-order valence-electron chi connectivity index (χ4n) is 5.34. The summed E-state index contributed by atoms with van der Waals surface area (Å²) >= 11 is 0. The van der Waals surface area contributed by atoms with Gasteiger partial charge in [0.2, 0.25) is 5.71 Å². The molecule has 7 rings (SSSR count). The normalized spacial score (nSPS) is 12.0. The summed E-state index contributed by atoms with van der Waals surface area (Å²) < 4.78 is 46.4. The van der Waals surface area contributed by atoms with Gasteiger partial charge in [0.1, 0.15) is 5.58 Å². The van der Waals surface area contributed by atoms with E-state index in [0.717, 1.165) is 55.1 Å². The van der Waals surface area contributed by atoms with Gasteiger partial charge in [0, 0.05) is 34.3 Å². The predicted octanol–water partition coefficient (Wildman–Crippen LogP) is 10.1. The molecule has 0 fully saturated rings. The number of pyridine rings is 2. The average Bonchev–Trinajstić information content (AvgIpc) is 3.38. The zero-order valence-corrected chi connectivity index (χ0v) is 22.0. The minimum absolute atomic E-state index is 0.529.